The molecular weight excluding hydrogens is 331 g/mol. The Kier molecular flexibility index (Phi) is 4.15. The van der Waals surface area contributed by atoms with Crippen LogP contribution in [0.15, 0.2) is 71.7 Å². The molecule has 2 aromatic heterocycles. The van der Waals surface area contributed by atoms with Crippen LogP contribution in [-0.4, -0.2) is 15.0 Å². The molecule has 2 heterocycles. The third-order valence-corrected chi connectivity index (χ3v) is 4.02. The van der Waals surface area contributed by atoms with Crippen molar-refractivity contribution in [3.63, 3.8) is 0 Å². The Morgan fingerprint density at radius 3 is 2.73 bits per heavy atom. The van der Waals surface area contributed by atoms with Crippen LogP contribution in [-0.2, 0) is 6.54 Å². The van der Waals surface area contributed by atoms with Gasteiger partial charge in [0.15, 0.2) is 0 Å². The Morgan fingerprint density at radius 1 is 1.04 bits per heavy atom. The van der Waals surface area contributed by atoms with Gasteiger partial charge >= 0.3 is 0 Å². The molecule has 0 radical (unpaired) electrons. The molecule has 0 unspecified atom stereocenters. The maximum Gasteiger partial charge on any atom is 0.275 e. The number of aromatic amines is 1. The van der Waals surface area contributed by atoms with Crippen molar-refractivity contribution in [1.29, 1.82) is 0 Å². The molecule has 0 aliphatic heterocycles. The van der Waals surface area contributed by atoms with Crippen molar-refractivity contribution in [3.8, 4) is 11.3 Å². The van der Waals surface area contributed by atoms with E-state index in [1.807, 2.05) is 30.3 Å². The molecule has 26 heavy (non-hydrogen) atoms. The Bertz CT molecular complexity index is 1130. The van der Waals surface area contributed by atoms with Gasteiger partial charge in [-0.2, -0.15) is 0 Å². The average Bonchev–Trinajstić information content (AvgIpc) is 2.67. The summed E-state index contributed by atoms with van der Waals surface area (Å²) in [5.74, 6) is -0.433. The molecule has 5 nitrogen and oxygen atoms in total. The number of nitrogens with one attached hydrogen (secondary N) is 2. The van der Waals surface area contributed by atoms with Crippen LogP contribution >= 0.6 is 0 Å². The summed E-state index contributed by atoms with van der Waals surface area (Å²) in [4.78, 5) is 24.0. The molecule has 0 atom stereocenters. The molecule has 0 amide bonds. The van der Waals surface area contributed by atoms with Crippen LogP contribution in [0, 0.1) is 5.82 Å². The number of fused-ring (bicyclic) bond motifs is 1. The Labute approximate surface area is 148 Å². The van der Waals surface area contributed by atoms with Crippen LogP contribution in [0.5, 0.6) is 0 Å². The minimum atomic E-state index is -0.433. The molecule has 0 aliphatic rings. The predicted molar refractivity (Wildman–Crippen MR) is 99.3 cm³/mol. The zero-order valence-corrected chi connectivity index (χ0v) is 13.7. The van der Waals surface area contributed by atoms with Crippen molar-refractivity contribution in [3.05, 3.63) is 88.7 Å². The van der Waals surface area contributed by atoms with Gasteiger partial charge in [-0.25, -0.2) is 9.37 Å². The highest BCUT2D eigenvalue weighted by Gasteiger charge is 2.13. The highest BCUT2D eigenvalue weighted by Crippen LogP contribution is 2.26. The van der Waals surface area contributed by atoms with Crippen LogP contribution < -0.4 is 10.9 Å². The first-order chi connectivity index (χ1) is 12.7. The van der Waals surface area contributed by atoms with E-state index in [1.54, 1.807) is 24.4 Å². The van der Waals surface area contributed by atoms with Gasteiger partial charge in [-0.1, -0.05) is 18.2 Å². The summed E-state index contributed by atoms with van der Waals surface area (Å²) in [5.41, 5.74) is 2.95. The number of anilines is 1. The number of aromatic nitrogens is 3. The van der Waals surface area contributed by atoms with E-state index in [1.165, 1.54) is 12.1 Å². The normalized spacial score (nSPS) is 10.8. The topological polar surface area (TPSA) is 70.7 Å². The predicted octanol–water partition coefficient (Wildman–Crippen LogP) is 3.74. The maximum absolute atomic E-state index is 13.9. The summed E-state index contributed by atoms with van der Waals surface area (Å²) in [5, 5.41) is 3.21. The van der Waals surface area contributed by atoms with E-state index in [4.69, 9.17) is 0 Å². The number of halogens is 1. The van der Waals surface area contributed by atoms with Crippen molar-refractivity contribution in [2.24, 2.45) is 0 Å². The number of hydrogen-bond acceptors (Lipinski definition) is 4. The number of para-hydroxylation sites is 2. The number of benzene rings is 2. The quantitative estimate of drug-likeness (QED) is 0.591. The summed E-state index contributed by atoms with van der Waals surface area (Å²) >= 11 is 0. The Morgan fingerprint density at radius 2 is 1.88 bits per heavy atom. The third kappa shape index (κ3) is 3.17. The first kappa shape index (κ1) is 16.0. The van der Waals surface area contributed by atoms with Crippen molar-refractivity contribution in [2.45, 2.75) is 6.54 Å². The van der Waals surface area contributed by atoms with E-state index in [9.17, 15) is 9.18 Å². The standard InChI is InChI=1S/C20H15FN4O/c21-13-8-9-16(23-12-14-5-3-4-10-22-14)15(11-13)19-20(26)25-18-7-2-1-6-17(18)24-19/h1-11,23H,12H2,(H,25,26). The molecule has 4 rings (SSSR count). The first-order valence-corrected chi connectivity index (χ1v) is 8.13. The average molecular weight is 346 g/mol. The van der Waals surface area contributed by atoms with Gasteiger partial charge in [-0.05, 0) is 42.5 Å². The van der Waals surface area contributed by atoms with Gasteiger partial charge in [0.05, 0.1) is 23.3 Å². The van der Waals surface area contributed by atoms with E-state index in [2.05, 4.69) is 20.3 Å². The molecular formula is C20H15FN4O. The number of rotatable bonds is 4. The fourth-order valence-corrected chi connectivity index (χ4v) is 2.77. The molecule has 6 heteroatoms. The number of pyridine rings is 1. The van der Waals surface area contributed by atoms with Crippen LogP contribution in [0.4, 0.5) is 10.1 Å². The molecule has 4 aromatic rings. The Hall–Kier alpha value is -3.54. The van der Waals surface area contributed by atoms with E-state index < -0.39 is 5.82 Å². The number of H-pyrrole nitrogens is 1. The molecule has 0 spiro atoms. The lowest BCUT2D eigenvalue weighted by atomic mass is 10.1. The summed E-state index contributed by atoms with van der Waals surface area (Å²) in [6.07, 6.45) is 1.71. The van der Waals surface area contributed by atoms with Crippen molar-refractivity contribution < 1.29 is 4.39 Å². The van der Waals surface area contributed by atoms with E-state index >= 15 is 0 Å². The van der Waals surface area contributed by atoms with E-state index in [0.717, 1.165) is 5.69 Å². The lowest BCUT2D eigenvalue weighted by Gasteiger charge is -2.12. The minimum absolute atomic E-state index is 0.173. The van der Waals surface area contributed by atoms with Gasteiger partial charge in [-0.3, -0.25) is 9.78 Å². The van der Waals surface area contributed by atoms with Gasteiger partial charge in [0.1, 0.15) is 11.5 Å². The monoisotopic (exact) mass is 346 g/mol. The molecule has 0 bridgehead atoms. The summed E-state index contributed by atoms with van der Waals surface area (Å²) < 4.78 is 13.9. The molecule has 2 N–H and O–H groups in total. The van der Waals surface area contributed by atoms with Crippen molar-refractivity contribution in [1.82, 2.24) is 15.0 Å². The van der Waals surface area contributed by atoms with Crippen LogP contribution in [0.3, 0.4) is 0 Å². The molecule has 0 fully saturated rings. The molecule has 128 valence electrons. The fourth-order valence-electron chi connectivity index (χ4n) is 2.77. The molecule has 0 saturated carbocycles. The summed E-state index contributed by atoms with van der Waals surface area (Å²) in [6, 6.07) is 17.1. The second-order valence-electron chi connectivity index (χ2n) is 5.80. The fraction of sp³-hybridized carbons (Fsp3) is 0.0500. The second-order valence-corrected chi connectivity index (χ2v) is 5.80. The zero-order valence-electron chi connectivity index (χ0n) is 13.7. The van der Waals surface area contributed by atoms with E-state index in [0.29, 0.717) is 28.8 Å². The molecule has 0 saturated heterocycles. The molecule has 0 aliphatic carbocycles. The maximum atomic E-state index is 13.9. The van der Waals surface area contributed by atoms with Gasteiger partial charge in [0.25, 0.3) is 5.56 Å². The van der Waals surface area contributed by atoms with Crippen LogP contribution in [0.1, 0.15) is 5.69 Å². The van der Waals surface area contributed by atoms with Gasteiger partial charge in [0, 0.05) is 17.4 Å². The lowest BCUT2D eigenvalue weighted by Crippen LogP contribution is -2.13. The summed E-state index contributed by atoms with van der Waals surface area (Å²) in [6.45, 7) is 0.449. The third-order valence-electron chi connectivity index (χ3n) is 4.02. The highest BCUT2D eigenvalue weighted by atomic mass is 19.1. The number of hydrogen-bond donors (Lipinski definition) is 2. The smallest absolute Gasteiger partial charge is 0.275 e. The first-order valence-electron chi connectivity index (χ1n) is 8.13. The molecule has 2 aromatic carbocycles. The highest BCUT2D eigenvalue weighted by molar-refractivity contribution is 5.81. The minimum Gasteiger partial charge on any atom is -0.379 e. The zero-order chi connectivity index (χ0) is 17.9. The van der Waals surface area contributed by atoms with Crippen molar-refractivity contribution in [2.75, 3.05) is 5.32 Å². The second kappa shape index (κ2) is 6.76. The van der Waals surface area contributed by atoms with Crippen LogP contribution in [0.25, 0.3) is 22.3 Å². The van der Waals surface area contributed by atoms with Gasteiger partial charge < -0.3 is 10.3 Å². The van der Waals surface area contributed by atoms with Crippen LogP contribution in [0.2, 0.25) is 0 Å². The van der Waals surface area contributed by atoms with E-state index in [-0.39, 0.29) is 11.3 Å². The van der Waals surface area contributed by atoms with Crippen molar-refractivity contribution >= 4 is 16.7 Å². The van der Waals surface area contributed by atoms with Gasteiger partial charge in [-0.15, -0.1) is 0 Å². The SMILES string of the molecule is O=c1[nH]c2ccccc2nc1-c1cc(F)ccc1NCc1ccccn1. The lowest BCUT2D eigenvalue weighted by molar-refractivity contribution is 0.628. The Balaban J connectivity index is 1.77. The largest absolute Gasteiger partial charge is 0.379 e. The summed E-state index contributed by atoms with van der Waals surface area (Å²) in [7, 11) is 0. The van der Waals surface area contributed by atoms with Gasteiger partial charge in [0.2, 0.25) is 0 Å². The number of nitrogens with zero attached hydrogens (tertiary/aromatic N) is 2.